The second-order valence-corrected chi connectivity index (χ2v) is 7.08. The number of anilines is 2. The molecule has 0 amide bonds. The summed E-state index contributed by atoms with van der Waals surface area (Å²) in [6, 6.07) is 19.9. The highest BCUT2D eigenvalue weighted by molar-refractivity contribution is 5.75. The molecular formula is C24H32N6. The molecule has 0 bridgehead atoms. The molecule has 0 aliphatic heterocycles. The van der Waals surface area contributed by atoms with E-state index in [-0.39, 0.29) is 0 Å². The molecule has 0 unspecified atom stereocenters. The average Bonchev–Trinajstić information content (AvgIpc) is 3.23. The maximum absolute atomic E-state index is 9.13. The van der Waals surface area contributed by atoms with Crippen LogP contribution in [-0.2, 0) is 7.05 Å². The summed E-state index contributed by atoms with van der Waals surface area (Å²) in [6.07, 6.45) is 5.00. The molecule has 3 rings (SSSR count). The summed E-state index contributed by atoms with van der Waals surface area (Å²) in [4.78, 5) is 0. The van der Waals surface area contributed by atoms with Crippen molar-refractivity contribution in [3.63, 3.8) is 0 Å². The normalized spacial score (nSPS) is 11.0. The summed E-state index contributed by atoms with van der Waals surface area (Å²) >= 11 is 0. The SMILES string of the molecule is CNc1c(C#N)cccc1NCCCNC[C@@H](C)c1cnn(C)c1.c1ccccc1. The van der Waals surface area contributed by atoms with Crippen molar-refractivity contribution in [1.82, 2.24) is 15.1 Å². The summed E-state index contributed by atoms with van der Waals surface area (Å²) in [6.45, 7) is 4.95. The van der Waals surface area contributed by atoms with Crippen LogP contribution in [-0.4, -0.2) is 36.5 Å². The number of nitrogens with one attached hydrogen (secondary N) is 3. The molecule has 0 spiro atoms. The first-order valence-electron chi connectivity index (χ1n) is 10.3. The van der Waals surface area contributed by atoms with Crippen LogP contribution in [0, 0.1) is 11.3 Å². The summed E-state index contributed by atoms with van der Waals surface area (Å²) in [5.74, 6) is 0.454. The third kappa shape index (κ3) is 7.61. The summed E-state index contributed by atoms with van der Waals surface area (Å²) in [5, 5.41) is 23.3. The topological polar surface area (TPSA) is 77.7 Å². The van der Waals surface area contributed by atoms with Crippen molar-refractivity contribution in [2.75, 3.05) is 37.3 Å². The van der Waals surface area contributed by atoms with Gasteiger partial charge in [-0.15, -0.1) is 0 Å². The minimum Gasteiger partial charge on any atom is -0.385 e. The van der Waals surface area contributed by atoms with Gasteiger partial charge < -0.3 is 16.0 Å². The first-order chi connectivity index (χ1) is 14.7. The van der Waals surface area contributed by atoms with E-state index < -0.39 is 0 Å². The fraction of sp³-hybridized carbons (Fsp3) is 0.333. The Morgan fingerprint density at radius 1 is 1.07 bits per heavy atom. The van der Waals surface area contributed by atoms with E-state index in [0.29, 0.717) is 11.5 Å². The second kappa shape index (κ2) is 13.0. The maximum Gasteiger partial charge on any atom is 0.101 e. The monoisotopic (exact) mass is 404 g/mol. The molecule has 158 valence electrons. The van der Waals surface area contributed by atoms with Gasteiger partial charge in [0.1, 0.15) is 6.07 Å². The predicted octanol–water partition coefficient (Wildman–Crippen LogP) is 4.22. The van der Waals surface area contributed by atoms with Gasteiger partial charge in [-0.25, -0.2) is 0 Å². The van der Waals surface area contributed by atoms with E-state index in [2.05, 4.69) is 40.2 Å². The smallest absolute Gasteiger partial charge is 0.101 e. The molecule has 3 N–H and O–H groups in total. The molecule has 0 fully saturated rings. The molecule has 3 aromatic rings. The molecule has 0 aliphatic carbocycles. The minimum absolute atomic E-state index is 0.454. The van der Waals surface area contributed by atoms with Crippen molar-refractivity contribution < 1.29 is 0 Å². The third-order valence-corrected chi connectivity index (χ3v) is 4.69. The fourth-order valence-electron chi connectivity index (χ4n) is 3.01. The lowest BCUT2D eigenvalue weighted by atomic mass is 10.1. The average molecular weight is 405 g/mol. The van der Waals surface area contributed by atoms with Gasteiger partial charge in [0.15, 0.2) is 0 Å². The van der Waals surface area contributed by atoms with Crippen molar-refractivity contribution >= 4 is 11.4 Å². The first kappa shape index (κ1) is 23.0. The van der Waals surface area contributed by atoms with E-state index >= 15 is 0 Å². The molecule has 1 atom stereocenters. The van der Waals surface area contributed by atoms with Crippen LogP contribution in [0.1, 0.15) is 30.4 Å². The second-order valence-electron chi connectivity index (χ2n) is 7.08. The van der Waals surface area contributed by atoms with Crippen molar-refractivity contribution in [2.24, 2.45) is 7.05 Å². The van der Waals surface area contributed by atoms with Crippen molar-refractivity contribution in [2.45, 2.75) is 19.3 Å². The van der Waals surface area contributed by atoms with E-state index in [1.165, 1.54) is 5.56 Å². The van der Waals surface area contributed by atoms with Crippen LogP contribution in [0.3, 0.4) is 0 Å². The van der Waals surface area contributed by atoms with Gasteiger partial charge in [-0.05, 0) is 36.6 Å². The van der Waals surface area contributed by atoms with Crippen molar-refractivity contribution in [1.29, 1.82) is 5.26 Å². The van der Waals surface area contributed by atoms with Crippen molar-refractivity contribution in [3.8, 4) is 6.07 Å². The number of aryl methyl sites for hydroxylation is 1. The fourth-order valence-corrected chi connectivity index (χ4v) is 3.01. The number of rotatable bonds is 9. The van der Waals surface area contributed by atoms with Crippen LogP contribution < -0.4 is 16.0 Å². The van der Waals surface area contributed by atoms with E-state index in [9.17, 15) is 0 Å². The largest absolute Gasteiger partial charge is 0.385 e. The van der Waals surface area contributed by atoms with Crippen LogP contribution in [0.5, 0.6) is 0 Å². The van der Waals surface area contributed by atoms with Gasteiger partial charge in [-0.2, -0.15) is 10.4 Å². The van der Waals surface area contributed by atoms with Crippen LogP contribution >= 0.6 is 0 Å². The van der Waals surface area contributed by atoms with Gasteiger partial charge in [-0.1, -0.05) is 49.4 Å². The highest BCUT2D eigenvalue weighted by Gasteiger charge is 2.07. The van der Waals surface area contributed by atoms with Crippen LogP contribution in [0.4, 0.5) is 11.4 Å². The minimum atomic E-state index is 0.454. The number of benzene rings is 2. The molecular weight excluding hydrogens is 372 g/mol. The number of hydrogen-bond acceptors (Lipinski definition) is 5. The third-order valence-electron chi connectivity index (χ3n) is 4.69. The van der Waals surface area contributed by atoms with Gasteiger partial charge in [0.05, 0.1) is 23.1 Å². The molecule has 30 heavy (non-hydrogen) atoms. The molecule has 1 heterocycles. The van der Waals surface area contributed by atoms with Crippen LogP contribution in [0.15, 0.2) is 67.0 Å². The molecule has 6 nitrogen and oxygen atoms in total. The Labute approximate surface area is 179 Å². The molecule has 0 radical (unpaired) electrons. The lowest BCUT2D eigenvalue weighted by Gasteiger charge is -2.14. The van der Waals surface area contributed by atoms with E-state index in [1.54, 1.807) is 0 Å². The van der Waals surface area contributed by atoms with Gasteiger partial charge in [0.2, 0.25) is 0 Å². The number of nitriles is 1. The standard InChI is InChI=1S/C18H26N6.C6H6/c1-14(16-12-23-24(3)13-16)11-21-8-5-9-22-17-7-4-6-15(10-19)18(17)20-2;1-2-4-6-5-3-1/h4,6-7,12-14,20-22H,5,8-9,11H2,1-3H3;1-6H/t14-;/m1./s1. The van der Waals surface area contributed by atoms with Crippen LogP contribution in [0.25, 0.3) is 0 Å². The summed E-state index contributed by atoms with van der Waals surface area (Å²) in [5.41, 5.74) is 3.75. The Hall–Kier alpha value is -3.30. The van der Waals surface area contributed by atoms with E-state index in [1.807, 2.05) is 79.6 Å². The zero-order chi connectivity index (χ0) is 21.6. The highest BCUT2D eigenvalue weighted by Crippen LogP contribution is 2.24. The molecule has 2 aromatic carbocycles. The number of hydrogen-bond donors (Lipinski definition) is 3. The zero-order valence-electron chi connectivity index (χ0n) is 18.1. The summed E-state index contributed by atoms with van der Waals surface area (Å²) < 4.78 is 1.84. The Bertz CT molecular complexity index is 871. The van der Waals surface area contributed by atoms with E-state index in [4.69, 9.17) is 5.26 Å². The Kier molecular flexibility index (Phi) is 9.98. The van der Waals surface area contributed by atoms with Crippen molar-refractivity contribution in [3.05, 3.63) is 78.1 Å². The number of nitrogens with zero attached hydrogens (tertiary/aromatic N) is 3. The Balaban J connectivity index is 0.000000456. The lowest BCUT2D eigenvalue weighted by Crippen LogP contribution is -2.22. The van der Waals surface area contributed by atoms with Gasteiger partial charge >= 0.3 is 0 Å². The summed E-state index contributed by atoms with van der Waals surface area (Å²) in [7, 11) is 3.78. The Morgan fingerprint density at radius 3 is 2.33 bits per heavy atom. The number of para-hydroxylation sites is 1. The van der Waals surface area contributed by atoms with Gasteiger partial charge in [-0.3, -0.25) is 4.68 Å². The maximum atomic E-state index is 9.13. The van der Waals surface area contributed by atoms with E-state index in [0.717, 1.165) is 37.4 Å². The molecule has 0 saturated heterocycles. The molecule has 6 heteroatoms. The quantitative estimate of drug-likeness (QED) is 0.466. The zero-order valence-corrected chi connectivity index (χ0v) is 18.1. The Morgan fingerprint density at radius 2 is 1.77 bits per heavy atom. The molecule has 0 aliphatic rings. The lowest BCUT2D eigenvalue weighted by molar-refractivity contribution is 0.603. The van der Waals surface area contributed by atoms with Gasteiger partial charge in [0, 0.05) is 33.4 Å². The van der Waals surface area contributed by atoms with Gasteiger partial charge in [0.25, 0.3) is 0 Å². The number of aromatic nitrogens is 2. The molecule has 0 saturated carbocycles. The first-order valence-corrected chi connectivity index (χ1v) is 10.3. The predicted molar refractivity (Wildman–Crippen MR) is 125 cm³/mol. The molecule has 1 aromatic heterocycles. The highest BCUT2D eigenvalue weighted by atomic mass is 15.2. The van der Waals surface area contributed by atoms with Crippen LogP contribution in [0.2, 0.25) is 0 Å².